The number of nitrogens with two attached hydrogens (primary N) is 1. The van der Waals surface area contributed by atoms with Gasteiger partial charge in [0.15, 0.2) is 11.5 Å². The summed E-state index contributed by atoms with van der Waals surface area (Å²) in [6.45, 7) is 2.40. The molecule has 4 heterocycles. The van der Waals surface area contributed by atoms with Crippen LogP contribution in [0.3, 0.4) is 0 Å². The highest BCUT2D eigenvalue weighted by Crippen LogP contribution is 2.32. The van der Waals surface area contributed by atoms with Crippen molar-refractivity contribution < 1.29 is 9.90 Å². The van der Waals surface area contributed by atoms with E-state index in [0.717, 1.165) is 65.2 Å². The number of hydrogen-bond acceptors (Lipinski definition) is 6. The third-order valence-corrected chi connectivity index (χ3v) is 7.09. The summed E-state index contributed by atoms with van der Waals surface area (Å²) in [5.74, 6) is 1.09. The fraction of sp³-hybridized carbons (Fsp3) is 0.200. The molecule has 39 heavy (non-hydrogen) atoms. The Labute approximate surface area is 226 Å². The molecular formula is C30H29N7O2. The first-order chi connectivity index (χ1) is 19.0. The maximum atomic E-state index is 11.1. The van der Waals surface area contributed by atoms with Crippen molar-refractivity contribution in [1.29, 1.82) is 0 Å². The van der Waals surface area contributed by atoms with Gasteiger partial charge >= 0.3 is 6.09 Å². The van der Waals surface area contributed by atoms with Gasteiger partial charge in [0.2, 0.25) is 0 Å². The summed E-state index contributed by atoms with van der Waals surface area (Å²) in [5, 5.41) is 11.7. The summed E-state index contributed by atoms with van der Waals surface area (Å²) >= 11 is 0. The fourth-order valence-electron chi connectivity index (χ4n) is 5.26. The minimum absolute atomic E-state index is 0.0368. The van der Waals surface area contributed by atoms with Crippen LogP contribution in [0.4, 0.5) is 10.6 Å². The lowest BCUT2D eigenvalue weighted by molar-refractivity contribution is 0.160. The molecule has 3 aromatic heterocycles. The van der Waals surface area contributed by atoms with Gasteiger partial charge < -0.3 is 16.2 Å². The van der Waals surface area contributed by atoms with Gasteiger partial charge in [-0.05, 0) is 61.3 Å². The monoisotopic (exact) mass is 519 g/mol. The molecule has 0 bridgehead atoms. The second-order valence-electron chi connectivity index (χ2n) is 9.80. The van der Waals surface area contributed by atoms with Crippen LogP contribution in [0.25, 0.3) is 39.5 Å². The number of hydrogen-bond donors (Lipinski definition) is 3. The number of pyridine rings is 2. The Bertz CT molecular complexity index is 1620. The Hall–Kier alpha value is -4.76. The van der Waals surface area contributed by atoms with Crippen molar-refractivity contribution in [2.24, 2.45) is 0 Å². The molecule has 196 valence electrons. The maximum absolute atomic E-state index is 11.1. The van der Waals surface area contributed by atoms with Gasteiger partial charge in [0.05, 0.1) is 11.3 Å². The van der Waals surface area contributed by atoms with Crippen molar-refractivity contribution in [1.82, 2.24) is 29.7 Å². The molecule has 0 saturated carbocycles. The molecule has 0 spiro atoms. The second kappa shape index (κ2) is 10.5. The highest BCUT2D eigenvalue weighted by atomic mass is 16.4. The molecule has 1 fully saturated rings. The van der Waals surface area contributed by atoms with E-state index in [9.17, 15) is 4.79 Å². The molecular weight excluding hydrogens is 490 g/mol. The topological polar surface area (TPSA) is 122 Å². The summed E-state index contributed by atoms with van der Waals surface area (Å²) in [7, 11) is 0. The van der Waals surface area contributed by atoms with E-state index in [1.807, 2.05) is 59.2 Å². The van der Waals surface area contributed by atoms with Crippen molar-refractivity contribution in [2.75, 3.05) is 18.8 Å². The van der Waals surface area contributed by atoms with Crippen LogP contribution in [-0.2, 0) is 6.54 Å². The first-order valence-electron chi connectivity index (χ1n) is 13.0. The zero-order valence-electron chi connectivity index (χ0n) is 21.4. The van der Waals surface area contributed by atoms with Gasteiger partial charge in [-0.2, -0.15) is 0 Å². The lowest BCUT2D eigenvalue weighted by Gasteiger charge is -2.32. The number of amides is 1. The average Bonchev–Trinajstić information content (AvgIpc) is 3.32. The predicted octanol–water partition coefficient (Wildman–Crippen LogP) is 4.96. The quantitative estimate of drug-likeness (QED) is 0.290. The van der Waals surface area contributed by atoms with Crippen LogP contribution in [0.2, 0.25) is 0 Å². The van der Waals surface area contributed by atoms with Gasteiger partial charge in [-0.1, -0.05) is 42.5 Å². The average molecular weight is 520 g/mol. The number of nitrogen functional groups attached to an aromatic ring is 1. The van der Waals surface area contributed by atoms with Gasteiger partial charge in [-0.25, -0.2) is 19.7 Å². The van der Waals surface area contributed by atoms with E-state index < -0.39 is 6.09 Å². The number of benzene rings is 2. The summed E-state index contributed by atoms with van der Waals surface area (Å²) in [4.78, 5) is 27.6. The molecule has 1 saturated heterocycles. The van der Waals surface area contributed by atoms with E-state index in [2.05, 4.69) is 39.5 Å². The van der Waals surface area contributed by atoms with Crippen molar-refractivity contribution >= 4 is 23.1 Å². The van der Waals surface area contributed by atoms with Crippen LogP contribution >= 0.6 is 0 Å². The van der Waals surface area contributed by atoms with Gasteiger partial charge in [-0.15, -0.1) is 0 Å². The van der Waals surface area contributed by atoms with Crippen LogP contribution in [-0.4, -0.2) is 54.8 Å². The van der Waals surface area contributed by atoms with E-state index >= 15 is 0 Å². The van der Waals surface area contributed by atoms with Crippen LogP contribution in [0.1, 0.15) is 18.4 Å². The van der Waals surface area contributed by atoms with E-state index in [-0.39, 0.29) is 6.04 Å². The number of rotatable bonds is 6. The van der Waals surface area contributed by atoms with Crippen LogP contribution < -0.4 is 11.1 Å². The van der Waals surface area contributed by atoms with Gasteiger partial charge in [-0.3, -0.25) is 9.47 Å². The minimum atomic E-state index is -0.965. The molecule has 0 aliphatic carbocycles. The van der Waals surface area contributed by atoms with Crippen molar-refractivity contribution in [3.63, 3.8) is 0 Å². The highest BCUT2D eigenvalue weighted by Gasteiger charge is 2.22. The third-order valence-electron chi connectivity index (χ3n) is 7.09. The molecule has 0 radical (unpaired) electrons. The number of fused-ring (bicyclic) bond motifs is 1. The zero-order valence-corrected chi connectivity index (χ0v) is 21.4. The molecule has 1 atom stereocenters. The van der Waals surface area contributed by atoms with E-state index in [4.69, 9.17) is 20.8 Å². The van der Waals surface area contributed by atoms with Crippen LogP contribution in [0.15, 0.2) is 85.1 Å². The smallest absolute Gasteiger partial charge is 0.404 e. The third kappa shape index (κ3) is 5.17. The van der Waals surface area contributed by atoms with Crippen molar-refractivity contribution in [2.45, 2.75) is 25.4 Å². The molecule has 0 unspecified atom stereocenters. The van der Waals surface area contributed by atoms with Crippen molar-refractivity contribution in [3.8, 4) is 28.3 Å². The number of aromatic nitrogens is 4. The molecule has 9 heteroatoms. The molecule has 1 aliphatic heterocycles. The number of likely N-dealkylation sites (tertiary alicyclic amines) is 1. The molecule has 2 aromatic carbocycles. The minimum Gasteiger partial charge on any atom is -0.465 e. The number of carboxylic acid groups (broad SMARTS) is 1. The Morgan fingerprint density at radius 2 is 1.82 bits per heavy atom. The number of anilines is 1. The molecule has 4 N–H and O–H groups in total. The number of nitrogens with zero attached hydrogens (tertiary/aromatic N) is 5. The fourth-order valence-corrected chi connectivity index (χ4v) is 5.26. The molecule has 1 aliphatic rings. The molecule has 5 aromatic rings. The highest BCUT2D eigenvalue weighted by molar-refractivity contribution is 5.84. The number of imidazole rings is 1. The Morgan fingerprint density at radius 1 is 1.00 bits per heavy atom. The lowest BCUT2D eigenvalue weighted by Crippen LogP contribution is -2.46. The zero-order chi connectivity index (χ0) is 26.8. The van der Waals surface area contributed by atoms with Crippen LogP contribution in [0, 0.1) is 0 Å². The Morgan fingerprint density at radius 3 is 2.59 bits per heavy atom. The van der Waals surface area contributed by atoms with Crippen LogP contribution in [0.5, 0.6) is 0 Å². The molecule has 1 amide bonds. The van der Waals surface area contributed by atoms with Gasteiger partial charge in [0.25, 0.3) is 0 Å². The Balaban J connectivity index is 1.37. The van der Waals surface area contributed by atoms with Crippen molar-refractivity contribution in [3.05, 3.63) is 90.6 Å². The number of carbonyl (C=O) groups is 1. The van der Waals surface area contributed by atoms with E-state index in [0.29, 0.717) is 18.2 Å². The van der Waals surface area contributed by atoms with Gasteiger partial charge in [0.1, 0.15) is 11.3 Å². The second-order valence-corrected chi connectivity index (χ2v) is 9.80. The maximum Gasteiger partial charge on any atom is 0.404 e. The van der Waals surface area contributed by atoms with E-state index in [1.165, 1.54) is 0 Å². The first-order valence-corrected chi connectivity index (χ1v) is 13.0. The Kier molecular flexibility index (Phi) is 6.64. The summed E-state index contributed by atoms with van der Waals surface area (Å²) in [5.41, 5.74) is 12.5. The standard InChI is InChI=1S/C30H29N7O2/c31-27-24(9-4-16-32-27)28-35-26-15-14-25(21-6-2-1-3-7-21)34-29(26)37(28)23-12-10-20(11-13-23)18-36-17-5-8-22(19-36)33-30(38)39/h1-4,6-7,9-16,22,33H,5,8,17-19H2,(H2,31,32)(H,38,39)/t22-/m0/s1. The van der Waals surface area contributed by atoms with E-state index in [1.54, 1.807) is 6.20 Å². The summed E-state index contributed by atoms with van der Waals surface area (Å²) in [6.07, 6.45) is 2.54. The first kappa shape index (κ1) is 24.6. The largest absolute Gasteiger partial charge is 0.465 e. The summed E-state index contributed by atoms with van der Waals surface area (Å²) in [6, 6.07) is 26.1. The van der Waals surface area contributed by atoms with Gasteiger partial charge in [0, 0.05) is 36.6 Å². The summed E-state index contributed by atoms with van der Waals surface area (Å²) < 4.78 is 2.03. The molecule has 6 rings (SSSR count). The lowest BCUT2D eigenvalue weighted by atomic mass is 10.0. The SMILES string of the molecule is Nc1ncccc1-c1nc2ccc(-c3ccccc3)nc2n1-c1ccc(CN2CCC[C@H](NC(=O)O)C2)cc1. The molecule has 9 nitrogen and oxygen atoms in total. The predicted molar refractivity (Wildman–Crippen MR) is 151 cm³/mol. The normalized spacial score (nSPS) is 15.8. The number of nitrogens with one attached hydrogen (secondary N) is 1. The number of piperidine rings is 1.